The molecule has 70 heavy (non-hydrogen) atoms. The normalized spacial score (nSPS) is 13.7. The van der Waals surface area contributed by atoms with Gasteiger partial charge in [0.05, 0.1) is 0 Å². The predicted molar refractivity (Wildman–Crippen MR) is 311 cm³/mol. The number of fused-ring (bicyclic) bond motifs is 8. The van der Waals surface area contributed by atoms with Crippen LogP contribution in [0.5, 0.6) is 0 Å². The van der Waals surface area contributed by atoms with E-state index in [-0.39, 0.29) is 21.7 Å². The van der Waals surface area contributed by atoms with Gasteiger partial charge in [-0.05, 0) is 204 Å². The van der Waals surface area contributed by atoms with Crippen LogP contribution in [0.1, 0.15) is 156 Å². The van der Waals surface area contributed by atoms with Gasteiger partial charge < -0.3 is 0 Å². The fraction of sp³-hybridized carbons (Fsp3) is 0.314. The van der Waals surface area contributed by atoms with E-state index in [1.54, 1.807) is 0 Å². The van der Waals surface area contributed by atoms with Crippen molar-refractivity contribution in [1.82, 2.24) is 0 Å². The second kappa shape index (κ2) is 14.7. The van der Waals surface area contributed by atoms with Gasteiger partial charge in [0.1, 0.15) is 0 Å². The van der Waals surface area contributed by atoms with E-state index < -0.39 is 0 Å². The lowest BCUT2D eigenvalue weighted by molar-refractivity contribution is 0.568. The van der Waals surface area contributed by atoms with Gasteiger partial charge in [0.15, 0.2) is 0 Å². The van der Waals surface area contributed by atoms with Crippen molar-refractivity contribution < 1.29 is 0 Å². The van der Waals surface area contributed by atoms with Crippen LogP contribution >= 0.6 is 0 Å². The van der Waals surface area contributed by atoms with E-state index in [0.29, 0.717) is 11.8 Å². The number of hydrogen-bond donors (Lipinski definition) is 0. The average Bonchev–Trinajstić information content (AvgIpc) is 3.79. The summed E-state index contributed by atoms with van der Waals surface area (Å²) in [5.74, 6) is 0.696. The molecule has 0 unspecified atom stereocenters. The first-order chi connectivity index (χ1) is 32.9. The first-order valence-corrected chi connectivity index (χ1v) is 26.2. The van der Waals surface area contributed by atoms with Gasteiger partial charge in [-0.3, -0.25) is 0 Å². The van der Waals surface area contributed by atoms with Crippen LogP contribution in [0.3, 0.4) is 0 Å². The molecule has 0 aliphatic carbocycles. The first-order valence-electron chi connectivity index (χ1n) is 26.2. The molecule has 0 nitrogen and oxygen atoms in total. The summed E-state index contributed by atoms with van der Waals surface area (Å²) in [6.07, 6.45) is 0. The zero-order chi connectivity index (χ0) is 49.5. The Labute approximate surface area is 416 Å². The highest BCUT2D eigenvalue weighted by Crippen LogP contribution is 2.58. The molecule has 0 aromatic heterocycles. The largest absolute Gasteiger partial charge is 0.0616 e. The van der Waals surface area contributed by atoms with Crippen LogP contribution in [0.15, 0.2) is 121 Å². The molecule has 0 aliphatic heterocycles. The van der Waals surface area contributed by atoms with Gasteiger partial charge in [-0.1, -0.05) is 214 Å². The smallest absolute Gasteiger partial charge is 0.000707 e. The van der Waals surface area contributed by atoms with Crippen LogP contribution in [-0.2, 0) is 21.7 Å². The SMILES string of the molecule is CC(C)c1ccc2ccc3c(C(C)C)cc4c5c(-c6cc(C(C)(C)C)cc(C(C)(C)C)c6)c6c(cc7c8ccccc8c8cccc6c87)c(-c6cc(C(C)(C)C)cc(C(C)(C)C)c6)c5c5cc1c2c3c54. The van der Waals surface area contributed by atoms with Gasteiger partial charge in [-0.15, -0.1) is 0 Å². The molecule has 0 heteroatoms. The van der Waals surface area contributed by atoms with E-state index >= 15 is 0 Å². The average molecular weight is 911 g/mol. The molecule has 0 bridgehead atoms. The molecular weight excluding hydrogens is 841 g/mol. The summed E-state index contributed by atoms with van der Waals surface area (Å²) in [5.41, 5.74) is 13.5. The maximum atomic E-state index is 2.65. The Morgan fingerprint density at radius 1 is 0.271 bits per heavy atom. The van der Waals surface area contributed by atoms with Gasteiger partial charge in [0, 0.05) is 0 Å². The summed E-state index contributed by atoms with van der Waals surface area (Å²) in [6.45, 7) is 38.2. The maximum Gasteiger partial charge on any atom is -0.000707 e. The molecule has 0 saturated carbocycles. The van der Waals surface area contributed by atoms with E-state index in [2.05, 4.69) is 232 Å². The second-order valence-electron chi connectivity index (χ2n) is 26.1. The minimum Gasteiger partial charge on any atom is -0.0616 e. The van der Waals surface area contributed by atoms with Crippen LogP contribution < -0.4 is 0 Å². The lowest BCUT2D eigenvalue weighted by Gasteiger charge is -2.28. The highest BCUT2D eigenvalue weighted by Gasteiger charge is 2.32. The zero-order valence-corrected chi connectivity index (χ0v) is 44.7. The molecule has 12 aromatic rings. The van der Waals surface area contributed by atoms with Gasteiger partial charge in [0.2, 0.25) is 0 Å². The quantitative estimate of drug-likeness (QED) is 0.154. The minimum absolute atomic E-state index is 0.0631. The Morgan fingerprint density at radius 2 is 0.743 bits per heavy atom. The van der Waals surface area contributed by atoms with Gasteiger partial charge in [-0.2, -0.15) is 0 Å². The Bertz CT molecular complexity index is 4050. The van der Waals surface area contributed by atoms with Crippen molar-refractivity contribution in [3.63, 3.8) is 0 Å². The molecule has 0 amide bonds. The van der Waals surface area contributed by atoms with Crippen LogP contribution in [-0.4, -0.2) is 0 Å². The van der Waals surface area contributed by atoms with Crippen LogP contribution in [0, 0.1) is 0 Å². The van der Waals surface area contributed by atoms with Crippen molar-refractivity contribution in [3.05, 3.63) is 155 Å². The van der Waals surface area contributed by atoms with E-state index in [4.69, 9.17) is 0 Å². The van der Waals surface area contributed by atoms with E-state index in [1.807, 2.05) is 0 Å². The molecule has 0 atom stereocenters. The number of benzene rings is 10. The lowest BCUT2D eigenvalue weighted by Crippen LogP contribution is -2.16. The standard InChI is InChI=1S/C70H70/c1-37(2)46-26-24-39-25-27-50-52(38(3)4)34-56-63-57(35-53(46)58(39)64(50)63)65-59(40-28-42(67(5,6)7)32-43(29-40)68(8,9)10)55-36-54-48-21-18-17-20-47(48)49-22-19-23-51(61(49)54)62(55)60(66(56)65)41-30-44(69(11,12)13)33-45(31-41)70(14,15)16/h17-38H,1-16H3. The first kappa shape index (κ1) is 44.9. The van der Waals surface area contributed by atoms with Crippen LogP contribution in [0.25, 0.3) is 119 Å². The summed E-state index contributed by atoms with van der Waals surface area (Å²) in [4.78, 5) is 0. The Balaban J connectivity index is 1.48. The fourth-order valence-electron chi connectivity index (χ4n) is 12.7. The van der Waals surface area contributed by atoms with Crippen molar-refractivity contribution in [3.8, 4) is 22.3 Å². The van der Waals surface area contributed by atoms with E-state index in [9.17, 15) is 0 Å². The molecule has 0 saturated heterocycles. The molecule has 12 aromatic carbocycles. The van der Waals surface area contributed by atoms with Crippen molar-refractivity contribution >= 4 is 97.0 Å². The van der Waals surface area contributed by atoms with E-state index in [1.165, 1.54) is 153 Å². The van der Waals surface area contributed by atoms with Crippen molar-refractivity contribution in [2.45, 2.75) is 144 Å². The minimum atomic E-state index is -0.0634. The summed E-state index contributed by atoms with van der Waals surface area (Å²) >= 11 is 0. The van der Waals surface area contributed by atoms with Gasteiger partial charge in [0.25, 0.3) is 0 Å². The zero-order valence-electron chi connectivity index (χ0n) is 44.7. The van der Waals surface area contributed by atoms with Crippen molar-refractivity contribution in [1.29, 1.82) is 0 Å². The Hall–Kier alpha value is -6.24. The third-order valence-electron chi connectivity index (χ3n) is 16.6. The molecule has 0 heterocycles. The highest BCUT2D eigenvalue weighted by molar-refractivity contribution is 6.48. The Kier molecular flexibility index (Phi) is 9.41. The van der Waals surface area contributed by atoms with Crippen molar-refractivity contribution in [2.24, 2.45) is 0 Å². The fourth-order valence-corrected chi connectivity index (χ4v) is 12.7. The van der Waals surface area contributed by atoms with Crippen LogP contribution in [0.4, 0.5) is 0 Å². The highest BCUT2D eigenvalue weighted by atomic mass is 14.4. The topological polar surface area (TPSA) is 0 Å². The molecular formula is C70H70. The van der Waals surface area contributed by atoms with Crippen LogP contribution in [0.2, 0.25) is 0 Å². The second-order valence-corrected chi connectivity index (χ2v) is 26.1. The number of hydrogen-bond acceptors (Lipinski definition) is 0. The number of rotatable bonds is 4. The summed E-state index contributed by atoms with van der Waals surface area (Å²) in [5, 5.41) is 24.7. The molecule has 0 spiro atoms. The third kappa shape index (κ3) is 6.40. The van der Waals surface area contributed by atoms with Gasteiger partial charge in [-0.25, -0.2) is 0 Å². The van der Waals surface area contributed by atoms with Crippen molar-refractivity contribution in [2.75, 3.05) is 0 Å². The lowest BCUT2D eigenvalue weighted by atomic mass is 9.76. The molecule has 0 N–H and O–H groups in total. The molecule has 0 radical (unpaired) electrons. The predicted octanol–water partition coefficient (Wildman–Crippen LogP) is 21.1. The summed E-state index contributed by atoms with van der Waals surface area (Å²) in [7, 11) is 0. The molecule has 12 rings (SSSR count). The monoisotopic (exact) mass is 911 g/mol. The maximum absolute atomic E-state index is 2.65. The third-order valence-corrected chi connectivity index (χ3v) is 16.6. The summed E-state index contributed by atoms with van der Waals surface area (Å²) in [6, 6.07) is 49.2. The van der Waals surface area contributed by atoms with Gasteiger partial charge >= 0.3 is 0 Å². The molecule has 0 fully saturated rings. The molecule has 0 aliphatic rings. The molecule has 350 valence electrons. The Morgan fingerprint density at radius 3 is 1.30 bits per heavy atom. The van der Waals surface area contributed by atoms with E-state index in [0.717, 1.165) is 0 Å². The summed E-state index contributed by atoms with van der Waals surface area (Å²) < 4.78 is 0.